The molecule has 46 heavy (non-hydrogen) atoms. The average molecular weight is 692 g/mol. The molecule has 2 amide bonds. The van der Waals surface area contributed by atoms with Crippen molar-refractivity contribution in [3.05, 3.63) is 65.2 Å². The number of amides is 2. The van der Waals surface area contributed by atoms with Gasteiger partial charge in [0.25, 0.3) is 0 Å². The molecule has 1 atom stereocenters. The van der Waals surface area contributed by atoms with Crippen molar-refractivity contribution in [2.45, 2.75) is 87.2 Å². The van der Waals surface area contributed by atoms with Crippen molar-refractivity contribution in [3.8, 4) is 0 Å². The molecule has 8 nitrogen and oxygen atoms in total. The number of hydrogen-bond acceptors (Lipinski definition) is 5. The van der Waals surface area contributed by atoms with Crippen molar-refractivity contribution < 1.29 is 40.7 Å². The molecule has 14 heteroatoms. The number of alkyl halides is 2. The van der Waals surface area contributed by atoms with Crippen LogP contribution in [0.15, 0.2) is 47.4 Å². The number of carbonyl (C=O) groups is 2. The minimum absolute atomic E-state index is 0. The normalized spacial score (nSPS) is 18.4. The summed E-state index contributed by atoms with van der Waals surface area (Å²) in [5, 5.41) is 10.2. The Morgan fingerprint density at radius 2 is 1.54 bits per heavy atom. The van der Waals surface area contributed by atoms with E-state index in [1.807, 2.05) is 11.8 Å². The first kappa shape index (κ1) is 37.6. The zero-order valence-corrected chi connectivity index (χ0v) is 27.6. The number of carboxylic acid groups (broad SMARTS) is 1. The Morgan fingerprint density at radius 1 is 0.978 bits per heavy atom. The summed E-state index contributed by atoms with van der Waals surface area (Å²) in [5.74, 6) is -4.60. The van der Waals surface area contributed by atoms with E-state index >= 15 is 0 Å². The van der Waals surface area contributed by atoms with Gasteiger partial charge in [0, 0.05) is 63.4 Å². The lowest BCUT2D eigenvalue weighted by atomic mass is 9.89. The Hall–Kier alpha value is -2.90. The van der Waals surface area contributed by atoms with Gasteiger partial charge in [0.2, 0.25) is 11.8 Å². The number of nitrogens with zero attached hydrogens (tertiary/aromatic N) is 3. The van der Waals surface area contributed by atoms with Gasteiger partial charge in [-0.1, -0.05) is 12.1 Å². The number of likely N-dealkylation sites (N-methyl/N-ethyl adjacent to an activating group) is 1. The first-order valence-electron chi connectivity index (χ1n) is 15.3. The van der Waals surface area contributed by atoms with Gasteiger partial charge in [0.05, 0.1) is 17.4 Å². The van der Waals surface area contributed by atoms with Crippen LogP contribution in [-0.2, 0) is 21.1 Å². The third-order valence-corrected chi connectivity index (χ3v) is 10.1. The van der Waals surface area contributed by atoms with Crippen molar-refractivity contribution in [3.63, 3.8) is 0 Å². The summed E-state index contributed by atoms with van der Waals surface area (Å²) < 4.78 is 79.7. The Labute approximate surface area is 274 Å². The van der Waals surface area contributed by atoms with E-state index in [2.05, 4.69) is 4.90 Å². The van der Waals surface area contributed by atoms with Crippen LogP contribution in [-0.4, -0.2) is 90.7 Å². The minimum Gasteiger partial charge on any atom is -0.465 e. The lowest BCUT2D eigenvalue weighted by Gasteiger charge is -2.42. The summed E-state index contributed by atoms with van der Waals surface area (Å²) in [6, 6.07) is 7.56. The number of benzene rings is 2. The molecule has 4 rings (SSSR count). The van der Waals surface area contributed by atoms with Gasteiger partial charge >= 0.3 is 6.09 Å². The molecule has 2 aliphatic rings. The summed E-state index contributed by atoms with van der Waals surface area (Å²) >= 11 is 0. The van der Waals surface area contributed by atoms with Crippen LogP contribution in [0.5, 0.6) is 0 Å². The molecule has 2 fully saturated rings. The number of likely N-dealkylation sites (tertiary alicyclic amines) is 1. The SMILES string of the molecule is CCN(C(=O)Cc1ccc(S(C)(=O)=O)cc1)C1CCN(CCC(c2cc(F)cc(F)c2)N(C(=O)O)C2CCC(F)(F)CC2)CC1.Cl. The van der Waals surface area contributed by atoms with Crippen LogP contribution >= 0.6 is 12.4 Å². The van der Waals surface area contributed by atoms with Gasteiger partial charge in [-0.05, 0) is 74.4 Å². The number of hydrogen-bond donors (Lipinski definition) is 1. The zero-order chi connectivity index (χ0) is 32.9. The van der Waals surface area contributed by atoms with Gasteiger partial charge in [0.15, 0.2) is 9.84 Å². The van der Waals surface area contributed by atoms with Crippen molar-refractivity contribution in [2.24, 2.45) is 0 Å². The maximum absolute atomic E-state index is 14.2. The van der Waals surface area contributed by atoms with E-state index in [9.17, 15) is 40.7 Å². The highest BCUT2D eigenvalue weighted by atomic mass is 35.5. The Kier molecular flexibility index (Phi) is 12.9. The molecular weight excluding hydrogens is 650 g/mol. The van der Waals surface area contributed by atoms with Crippen LogP contribution in [0.4, 0.5) is 22.4 Å². The van der Waals surface area contributed by atoms with Crippen LogP contribution in [0.1, 0.15) is 69.0 Å². The van der Waals surface area contributed by atoms with Crippen LogP contribution in [0.2, 0.25) is 0 Å². The monoisotopic (exact) mass is 691 g/mol. The lowest BCUT2D eigenvalue weighted by molar-refractivity contribution is -0.133. The molecule has 0 spiro atoms. The second-order valence-corrected chi connectivity index (χ2v) is 14.1. The van der Waals surface area contributed by atoms with Gasteiger partial charge in [0.1, 0.15) is 11.6 Å². The maximum Gasteiger partial charge on any atom is 0.408 e. The van der Waals surface area contributed by atoms with E-state index in [1.54, 1.807) is 12.1 Å². The first-order valence-corrected chi connectivity index (χ1v) is 17.2. The lowest BCUT2D eigenvalue weighted by Crippen LogP contribution is -2.49. The fourth-order valence-corrected chi connectivity index (χ4v) is 7.24. The molecule has 0 bridgehead atoms. The second kappa shape index (κ2) is 15.8. The fraction of sp³-hybridized carbons (Fsp3) is 0.562. The topological polar surface area (TPSA) is 98.2 Å². The van der Waals surface area contributed by atoms with Crippen LogP contribution in [0.25, 0.3) is 0 Å². The molecule has 1 aliphatic heterocycles. The molecule has 0 radical (unpaired) electrons. The molecule has 256 valence electrons. The summed E-state index contributed by atoms with van der Waals surface area (Å²) in [4.78, 5) is 30.9. The van der Waals surface area contributed by atoms with Gasteiger partial charge in [-0.2, -0.15) is 0 Å². The molecule has 1 N–H and O–H groups in total. The number of sulfone groups is 1. The van der Waals surface area contributed by atoms with Crippen molar-refractivity contribution in [2.75, 3.05) is 32.4 Å². The van der Waals surface area contributed by atoms with E-state index in [4.69, 9.17) is 0 Å². The van der Waals surface area contributed by atoms with E-state index in [0.717, 1.165) is 23.3 Å². The van der Waals surface area contributed by atoms with Crippen molar-refractivity contribution in [1.29, 1.82) is 0 Å². The largest absolute Gasteiger partial charge is 0.465 e. The molecule has 1 heterocycles. The number of halogens is 5. The minimum atomic E-state index is -3.33. The van der Waals surface area contributed by atoms with Crippen molar-refractivity contribution in [1.82, 2.24) is 14.7 Å². The number of carbonyl (C=O) groups excluding carboxylic acids is 1. The highest BCUT2D eigenvalue weighted by Crippen LogP contribution is 2.39. The standard InChI is InChI=1S/C32H41F4N3O5S.ClH/c1-3-38(30(40)18-22-4-6-28(7-5-22)45(2,43)44)26-10-15-37(16-11-26)17-12-29(23-19-24(33)21-25(34)20-23)39(31(41)42)27-8-13-32(35,36)14-9-27;/h4-7,19-21,26-27,29H,3,8-18H2,1-2H3,(H,41,42);1H. The van der Waals surface area contributed by atoms with E-state index in [-0.39, 0.29) is 60.5 Å². The molecule has 2 aromatic carbocycles. The van der Waals surface area contributed by atoms with Crippen LogP contribution in [0, 0.1) is 11.6 Å². The molecule has 1 saturated carbocycles. The van der Waals surface area contributed by atoms with Gasteiger partial charge < -0.3 is 14.9 Å². The fourth-order valence-electron chi connectivity index (χ4n) is 6.61. The molecule has 1 saturated heterocycles. The second-order valence-electron chi connectivity index (χ2n) is 12.1. The molecule has 1 unspecified atom stereocenters. The Balaban J connectivity index is 0.00000576. The van der Waals surface area contributed by atoms with Crippen molar-refractivity contribution >= 4 is 34.2 Å². The average Bonchev–Trinajstić information content (AvgIpc) is 2.96. The van der Waals surface area contributed by atoms with E-state index in [1.165, 1.54) is 12.1 Å². The molecule has 2 aromatic rings. The number of rotatable bonds is 11. The highest BCUT2D eigenvalue weighted by Gasteiger charge is 2.41. The molecule has 0 aromatic heterocycles. The molecule has 1 aliphatic carbocycles. The summed E-state index contributed by atoms with van der Waals surface area (Å²) in [7, 11) is -3.33. The van der Waals surface area contributed by atoms with Crippen LogP contribution in [0.3, 0.4) is 0 Å². The summed E-state index contributed by atoms with van der Waals surface area (Å²) in [5.41, 5.74) is 0.863. The van der Waals surface area contributed by atoms with Gasteiger partial charge in [-0.15, -0.1) is 12.4 Å². The third kappa shape index (κ3) is 9.80. The molecular formula is C32H42ClF4N3O5S. The quantitative estimate of drug-likeness (QED) is 0.277. The van der Waals surface area contributed by atoms with E-state index < -0.39 is 58.4 Å². The Morgan fingerprint density at radius 3 is 2.04 bits per heavy atom. The first-order chi connectivity index (χ1) is 21.2. The highest BCUT2D eigenvalue weighted by molar-refractivity contribution is 7.90. The third-order valence-electron chi connectivity index (χ3n) is 8.99. The smallest absolute Gasteiger partial charge is 0.408 e. The maximum atomic E-state index is 14.2. The summed E-state index contributed by atoms with van der Waals surface area (Å²) in [6.45, 7) is 4.05. The predicted molar refractivity (Wildman–Crippen MR) is 168 cm³/mol. The van der Waals surface area contributed by atoms with Gasteiger partial charge in [-0.3, -0.25) is 9.69 Å². The predicted octanol–water partition coefficient (Wildman–Crippen LogP) is 6.33. The summed E-state index contributed by atoms with van der Waals surface area (Å²) in [6.07, 6.45) is 0.538. The van der Waals surface area contributed by atoms with E-state index in [0.29, 0.717) is 50.7 Å². The van der Waals surface area contributed by atoms with Gasteiger partial charge in [-0.25, -0.2) is 30.8 Å². The number of piperidine rings is 1. The zero-order valence-electron chi connectivity index (χ0n) is 26.0. The Bertz CT molecular complexity index is 1430. The van der Waals surface area contributed by atoms with Crippen LogP contribution < -0.4 is 0 Å².